The summed E-state index contributed by atoms with van der Waals surface area (Å²) in [6, 6.07) is 13.1. The third-order valence-corrected chi connectivity index (χ3v) is 3.10. The van der Waals surface area contributed by atoms with Crippen LogP contribution in [-0.2, 0) is 6.42 Å². The average molecular weight is 291 g/mol. The van der Waals surface area contributed by atoms with Gasteiger partial charge in [0.2, 0.25) is 0 Å². The molecule has 0 radical (unpaired) electrons. The summed E-state index contributed by atoms with van der Waals surface area (Å²) in [6.07, 6.45) is 0.162. The third kappa shape index (κ3) is 3.13. The van der Waals surface area contributed by atoms with E-state index < -0.39 is 4.92 Å². The lowest BCUT2D eigenvalue weighted by atomic mass is 10.0. The molecule has 0 heterocycles. The standard InChI is InChI=1S/C14H11ClN2O3/c15-12-7-5-10(6-8-12)13(16-18)9-11-3-1-2-4-14(11)17(19)20/h1-8,18H,9H2/b16-13+. The van der Waals surface area contributed by atoms with Gasteiger partial charge in [-0.25, -0.2) is 0 Å². The number of benzene rings is 2. The highest BCUT2D eigenvalue weighted by molar-refractivity contribution is 6.30. The summed E-state index contributed by atoms with van der Waals surface area (Å²) in [5.74, 6) is 0. The predicted octanol–water partition coefficient (Wildman–Crippen LogP) is 3.67. The van der Waals surface area contributed by atoms with Gasteiger partial charge in [-0.05, 0) is 17.7 Å². The van der Waals surface area contributed by atoms with Gasteiger partial charge in [0.1, 0.15) is 0 Å². The van der Waals surface area contributed by atoms with Crippen molar-refractivity contribution in [1.29, 1.82) is 0 Å². The van der Waals surface area contributed by atoms with Crippen molar-refractivity contribution in [3.05, 3.63) is 74.8 Å². The number of halogens is 1. The normalized spacial score (nSPS) is 11.3. The molecular formula is C14H11ClN2O3. The predicted molar refractivity (Wildman–Crippen MR) is 76.6 cm³/mol. The van der Waals surface area contributed by atoms with Gasteiger partial charge >= 0.3 is 0 Å². The SMILES string of the molecule is O=[N+]([O-])c1ccccc1C/C(=N\O)c1ccc(Cl)cc1. The van der Waals surface area contributed by atoms with E-state index in [0.717, 1.165) is 0 Å². The molecule has 102 valence electrons. The molecule has 0 amide bonds. The molecule has 0 aliphatic heterocycles. The Balaban J connectivity index is 2.32. The summed E-state index contributed by atoms with van der Waals surface area (Å²) in [6.45, 7) is 0. The van der Waals surface area contributed by atoms with Crippen LogP contribution >= 0.6 is 11.6 Å². The van der Waals surface area contributed by atoms with E-state index in [9.17, 15) is 10.1 Å². The molecule has 6 heteroatoms. The average Bonchev–Trinajstić information content (AvgIpc) is 2.46. The Morgan fingerprint density at radius 3 is 2.45 bits per heavy atom. The number of nitro groups is 1. The lowest BCUT2D eigenvalue weighted by Gasteiger charge is -2.06. The largest absolute Gasteiger partial charge is 0.411 e. The molecule has 0 aliphatic rings. The Bertz CT molecular complexity index is 654. The maximum absolute atomic E-state index is 11.0. The quantitative estimate of drug-likeness (QED) is 0.404. The molecule has 20 heavy (non-hydrogen) atoms. The molecule has 0 atom stereocenters. The molecule has 2 aromatic carbocycles. The molecule has 0 unspecified atom stereocenters. The fraction of sp³-hybridized carbons (Fsp3) is 0.0714. The lowest BCUT2D eigenvalue weighted by Crippen LogP contribution is -2.07. The monoisotopic (exact) mass is 290 g/mol. The summed E-state index contributed by atoms with van der Waals surface area (Å²) in [5.41, 5.74) is 1.49. The topological polar surface area (TPSA) is 75.7 Å². The van der Waals surface area contributed by atoms with Crippen molar-refractivity contribution in [3.8, 4) is 0 Å². The second-order valence-electron chi connectivity index (χ2n) is 4.12. The van der Waals surface area contributed by atoms with Crippen molar-refractivity contribution in [2.45, 2.75) is 6.42 Å². The Morgan fingerprint density at radius 1 is 1.20 bits per heavy atom. The van der Waals surface area contributed by atoms with Crippen molar-refractivity contribution in [2.24, 2.45) is 5.16 Å². The molecule has 2 aromatic rings. The first kappa shape index (κ1) is 14.0. The number of nitro benzene ring substituents is 1. The first-order valence-electron chi connectivity index (χ1n) is 5.81. The Kier molecular flexibility index (Phi) is 4.32. The number of hydrogen-bond acceptors (Lipinski definition) is 4. The van der Waals surface area contributed by atoms with E-state index in [4.69, 9.17) is 16.8 Å². The van der Waals surface area contributed by atoms with Crippen molar-refractivity contribution in [2.75, 3.05) is 0 Å². The highest BCUT2D eigenvalue weighted by Gasteiger charge is 2.15. The smallest absolute Gasteiger partial charge is 0.272 e. The summed E-state index contributed by atoms with van der Waals surface area (Å²) in [4.78, 5) is 10.5. The van der Waals surface area contributed by atoms with Gasteiger partial charge < -0.3 is 5.21 Å². The fourth-order valence-electron chi connectivity index (χ4n) is 1.86. The van der Waals surface area contributed by atoms with Gasteiger partial charge in [0.15, 0.2) is 0 Å². The number of nitrogens with zero attached hydrogens (tertiary/aromatic N) is 2. The van der Waals surface area contributed by atoms with Gasteiger partial charge in [0, 0.05) is 23.1 Å². The van der Waals surface area contributed by atoms with Crippen LogP contribution in [-0.4, -0.2) is 15.8 Å². The van der Waals surface area contributed by atoms with Crippen molar-refractivity contribution in [3.63, 3.8) is 0 Å². The maximum atomic E-state index is 11.0. The van der Waals surface area contributed by atoms with Crippen LogP contribution < -0.4 is 0 Å². The van der Waals surface area contributed by atoms with Crippen molar-refractivity contribution in [1.82, 2.24) is 0 Å². The second kappa shape index (κ2) is 6.16. The van der Waals surface area contributed by atoms with Crippen LogP contribution in [0.3, 0.4) is 0 Å². The zero-order valence-corrected chi connectivity index (χ0v) is 11.1. The molecule has 0 aromatic heterocycles. The van der Waals surface area contributed by atoms with Crippen LogP contribution in [0, 0.1) is 10.1 Å². The number of rotatable bonds is 4. The van der Waals surface area contributed by atoms with E-state index >= 15 is 0 Å². The molecule has 0 bridgehead atoms. The van der Waals surface area contributed by atoms with Crippen LogP contribution in [0.4, 0.5) is 5.69 Å². The number of para-hydroxylation sites is 1. The summed E-state index contributed by atoms with van der Waals surface area (Å²) in [7, 11) is 0. The molecule has 0 aliphatic carbocycles. The lowest BCUT2D eigenvalue weighted by molar-refractivity contribution is -0.385. The highest BCUT2D eigenvalue weighted by Crippen LogP contribution is 2.20. The van der Waals surface area contributed by atoms with Gasteiger partial charge in [-0.2, -0.15) is 0 Å². The highest BCUT2D eigenvalue weighted by atomic mass is 35.5. The van der Waals surface area contributed by atoms with Crippen LogP contribution in [0.15, 0.2) is 53.7 Å². The minimum Gasteiger partial charge on any atom is -0.411 e. The Hall–Kier alpha value is -2.40. The van der Waals surface area contributed by atoms with Gasteiger partial charge in [0.25, 0.3) is 5.69 Å². The summed E-state index contributed by atoms with van der Waals surface area (Å²) >= 11 is 5.79. The van der Waals surface area contributed by atoms with Gasteiger partial charge in [0.05, 0.1) is 10.6 Å². The van der Waals surface area contributed by atoms with E-state index in [1.807, 2.05) is 0 Å². The molecule has 0 saturated carbocycles. The molecule has 5 nitrogen and oxygen atoms in total. The number of oxime groups is 1. The minimum atomic E-state index is -0.452. The number of hydrogen-bond donors (Lipinski definition) is 1. The Labute approximate surface area is 120 Å². The van der Waals surface area contributed by atoms with Crippen LogP contribution in [0.25, 0.3) is 0 Å². The fourth-order valence-corrected chi connectivity index (χ4v) is 1.98. The molecule has 0 spiro atoms. The second-order valence-corrected chi connectivity index (χ2v) is 4.55. The summed E-state index contributed by atoms with van der Waals surface area (Å²) < 4.78 is 0. The van der Waals surface area contributed by atoms with Crippen LogP contribution in [0.2, 0.25) is 5.02 Å². The van der Waals surface area contributed by atoms with Gasteiger partial charge in [-0.1, -0.05) is 47.1 Å². The molecular weight excluding hydrogens is 280 g/mol. The van der Waals surface area contributed by atoms with E-state index in [1.165, 1.54) is 6.07 Å². The van der Waals surface area contributed by atoms with Crippen molar-refractivity contribution >= 4 is 23.0 Å². The first-order chi connectivity index (χ1) is 9.61. The first-order valence-corrected chi connectivity index (χ1v) is 6.19. The molecule has 0 fully saturated rings. The summed E-state index contributed by atoms with van der Waals surface area (Å²) in [5, 5.41) is 23.9. The zero-order valence-electron chi connectivity index (χ0n) is 10.4. The Morgan fingerprint density at radius 2 is 1.85 bits per heavy atom. The van der Waals surface area contributed by atoms with E-state index in [1.54, 1.807) is 42.5 Å². The van der Waals surface area contributed by atoms with Gasteiger partial charge in [-0.3, -0.25) is 10.1 Å². The van der Waals surface area contributed by atoms with E-state index in [0.29, 0.717) is 21.9 Å². The maximum Gasteiger partial charge on any atom is 0.272 e. The molecule has 1 N–H and O–H groups in total. The van der Waals surface area contributed by atoms with Crippen LogP contribution in [0.5, 0.6) is 0 Å². The van der Waals surface area contributed by atoms with Gasteiger partial charge in [-0.15, -0.1) is 0 Å². The minimum absolute atomic E-state index is 0.00242. The van der Waals surface area contributed by atoms with Crippen LogP contribution in [0.1, 0.15) is 11.1 Å². The molecule has 2 rings (SSSR count). The molecule has 0 saturated heterocycles. The van der Waals surface area contributed by atoms with E-state index in [2.05, 4.69) is 5.16 Å². The third-order valence-electron chi connectivity index (χ3n) is 2.84. The zero-order chi connectivity index (χ0) is 14.5. The van der Waals surface area contributed by atoms with Crippen molar-refractivity contribution < 1.29 is 10.1 Å². The van der Waals surface area contributed by atoms with E-state index in [-0.39, 0.29) is 12.1 Å².